The first kappa shape index (κ1) is 13.2. The molecule has 1 aliphatic heterocycles. The summed E-state index contributed by atoms with van der Waals surface area (Å²) >= 11 is 0. The number of hydrogen-bond acceptors (Lipinski definition) is 4. The van der Waals surface area contributed by atoms with Crippen LogP contribution in [-0.4, -0.2) is 49.6 Å². The molecule has 4 heteroatoms. The van der Waals surface area contributed by atoms with Crippen LogP contribution in [0.3, 0.4) is 0 Å². The molecule has 0 saturated carbocycles. The number of benzene rings is 1. The van der Waals surface area contributed by atoms with E-state index in [1.807, 2.05) is 18.2 Å². The van der Waals surface area contributed by atoms with Crippen molar-refractivity contribution in [3.05, 3.63) is 23.8 Å². The third-order valence-electron chi connectivity index (χ3n) is 3.69. The quantitative estimate of drug-likeness (QED) is 0.823. The number of nitrogen functional groups attached to an aromatic ring is 1. The molecule has 0 amide bonds. The van der Waals surface area contributed by atoms with Crippen molar-refractivity contribution in [2.24, 2.45) is 0 Å². The molecule has 1 heterocycles. The molecule has 18 heavy (non-hydrogen) atoms. The summed E-state index contributed by atoms with van der Waals surface area (Å²) in [5, 5.41) is 0. The molecule has 1 aromatic carbocycles. The van der Waals surface area contributed by atoms with Gasteiger partial charge in [-0.15, -0.1) is 0 Å². The van der Waals surface area contributed by atoms with E-state index in [1.165, 1.54) is 0 Å². The van der Waals surface area contributed by atoms with E-state index < -0.39 is 0 Å². The van der Waals surface area contributed by atoms with Crippen molar-refractivity contribution in [1.82, 2.24) is 9.80 Å². The molecular formula is C14H23N3O. The fourth-order valence-corrected chi connectivity index (χ4v) is 2.48. The molecule has 2 N–H and O–H groups in total. The van der Waals surface area contributed by atoms with Crippen molar-refractivity contribution in [2.45, 2.75) is 19.5 Å². The molecule has 100 valence electrons. The molecule has 0 radical (unpaired) electrons. The van der Waals surface area contributed by atoms with Gasteiger partial charge in [-0.1, -0.05) is 0 Å². The van der Waals surface area contributed by atoms with Crippen LogP contribution in [0.25, 0.3) is 0 Å². The Kier molecular flexibility index (Phi) is 4.09. The van der Waals surface area contributed by atoms with Gasteiger partial charge < -0.3 is 15.4 Å². The zero-order valence-corrected chi connectivity index (χ0v) is 11.5. The second-order valence-corrected chi connectivity index (χ2v) is 5.15. The Hall–Kier alpha value is -1.26. The maximum Gasteiger partial charge on any atom is 0.119 e. The lowest BCUT2D eigenvalue weighted by atomic mass is 10.1. The van der Waals surface area contributed by atoms with Crippen LogP contribution in [0.15, 0.2) is 18.2 Å². The number of anilines is 1. The van der Waals surface area contributed by atoms with Crippen molar-refractivity contribution in [1.29, 1.82) is 0 Å². The van der Waals surface area contributed by atoms with Gasteiger partial charge in [0.15, 0.2) is 0 Å². The lowest BCUT2D eigenvalue weighted by Gasteiger charge is -2.38. The van der Waals surface area contributed by atoms with Gasteiger partial charge >= 0.3 is 0 Å². The van der Waals surface area contributed by atoms with Crippen LogP contribution in [0.1, 0.15) is 12.5 Å². The van der Waals surface area contributed by atoms with Gasteiger partial charge in [-0.3, -0.25) is 4.90 Å². The van der Waals surface area contributed by atoms with E-state index >= 15 is 0 Å². The van der Waals surface area contributed by atoms with Crippen LogP contribution >= 0.6 is 0 Å². The van der Waals surface area contributed by atoms with Crippen LogP contribution in [-0.2, 0) is 6.54 Å². The lowest BCUT2D eigenvalue weighted by molar-refractivity contribution is 0.0939. The van der Waals surface area contributed by atoms with Gasteiger partial charge in [-0.05, 0) is 37.7 Å². The Morgan fingerprint density at radius 2 is 2.17 bits per heavy atom. The standard InChI is InChI=1S/C14H23N3O/c1-11-9-16(2)6-7-17(11)10-12-8-13(18-3)4-5-14(12)15/h4-5,8,11H,6-7,9-10,15H2,1-3H3. The first-order valence-electron chi connectivity index (χ1n) is 6.45. The Balaban J connectivity index is 2.08. The van der Waals surface area contributed by atoms with E-state index in [1.54, 1.807) is 7.11 Å². The minimum atomic E-state index is 0.564. The highest BCUT2D eigenvalue weighted by molar-refractivity contribution is 5.50. The summed E-state index contributed by atoms with van der Waals surface area (Å²) < 4.78 is 5.26. The number of piperazine rings is 1. The number of methoxy groups -OCH3 is 1. The SMILES string of the molecule is COc1ccc(N)c(CN2CCN(C)CC2C)c1. The Morgan fingerprint density at radius 1 is 1.39 bits per heavy atom. The first-order valence-corrected chi connectivity index (χ1v) is 6.45. The average molecular weight is 249 g/mol. The average Bonchev–Trinajstić information content (AvgIpc) is 2.35. The second-order valence-electron chi connectivity index (χ2n) is 5.15. The van der Waals surface area contributed by atoms with E-state index in [2.05, 4.69) is 23.8 Å². The molecule has 0 spiro atoms. The summed E-state index contributed by atoms with van der Waals surface area (Å²) in [6, 6.07) is 6.44. The summed E-state index contributed by atoms with van der Waals surface area (Å²) in [5.74, 6) is 0.876. The van der Waals surface area contributed by atoms with Crippen LogP contribution in [0.4, 0.5) is 5.69 Å². The molecule has 1 fully saturated rings. The fourth-order valence-electron chi connectivity index (χ4n) is 2.48. The zero-order valence-electron chi connectivity index (χ0n) is 11.5. The van der Waals surface area contributed by atoms with Crippen LogP contribution in [0.5, 0.6) is 5.75 Å². The molecule has 0 bridgehead atoms. The predicted molar refractivity (Wildman–Crippen MR) is 74.8 cm³/mol. The highest BCUT2D eigenvalue weighted by Crippen LogP contribution is 2.22. The number of rotatable bonds is 3. The summed E-state index contributed by atoms with van der Waals surface area (Å²) in [6.45, 7) is 6.50. The number of nitrogens with two attached hydrogens (primary N) is 1. The lowest BCUT2D eigenvalue weighted by Crippen LogP contribution is -2.49. The van der Waals surface area contributed by atoms with Crippen molar-refractivity contribution in [3.8, 4) is 5.75 Å². The normalized spacial score (nSPS) is 22.1. The monoisotopic (exact) mass is 249 g/mol. The fraction of sp³-hybridized carbons (Fsp3) is 0.571. The number of ether oxygens (including phenoxy) is 1. The Bertz CT molecular complexity index is 408. The predicted octanol–water partition coefficient (Wildman–Crippen LogP) is 1.41. The van der Waals surface area contributed by atoms with Gasteiger partial charge in [0.25, 0.3) is 0 Å². The number of likely N-dealkylation sites (N-methyl/N-ethyl adjacent to an activating group) is 1. The highest BCUT2D eigenvalue weighted by Gasteiger charge is 2.21. The minimum absolute atomic E-state index is 0.564. The maximum atomic E-state index is 6.04. The van der Waals surface area contributed by atoms with E-state index in [0.717, 1.165) is 43.2 Å². The molecule has 1 atom stereocenters. The van der Waals surface area contributed by atoms with E-state index in [0.29, 0.717) is 6.04 Å². The van der Waals surface area contributed by atoms with Gasteiger partial charge in [-0.25, -0.2) is 0 Å². The largest absolute Gasteiger partial charge is 0.497 e. The Morgan fingerprint density at radius 3 is 2.83 bits per heavy atom. The van der Waals surface area contributed by atoms with Crippen molar-refractivity contribution < 1.29 is 4.74 Å². The van der Waals surface area contributed by atoms with Crippen LogP contribution < -0.4 is 10.5 Å². The molecule has 0 aliphatic carbocycles. The number of nitrogens with zero attached hydrogens (tertiary/aromatic N) is 2. The molecule has 1 saturated heterocycles. The van der Waals surface area contributed by atoms with Gasteiger partial charge in [0.2, 0.25) is 0 Å². The first-order chi connectivity index (χ1) is 8.60. The zero-order chi connectivity index (χ0) is 13.1. The molecular weight excluding hydrogens is 226 g/mol. The second kappa shape index (κ2) is 5.59. The van der Waals surface area contributed by atoms with E-state index in [4.69, 9.17) is 10.5 Å². The van der Waals surface area contributed by atoms with Gasteiger partial charge in [-0.2, -0.15) is 0 Å². The third-order valence-corrected chi connectivity index (χ3v) is 3.69. The van der Waals surface area contributed by atoms with E-state index in [9.17, 15) is 0 Å². The molecule has 0 aromatic heterocycles. The Labute approximate surface area is 109 Å². The number of hydrogen-bond donors (Lipinski definition) is 1. The van der Waals surface area contributed by atoms with Gasteiger partial charge in [0.05, 0.1) is 7.11 Å². The molecule has 1 unspecified atom stereocenters. The minimum Gasteiger partial charge on any atom is -0.497 e. The summed E-state index contributed by atoms with van der Waals surface area (Å²) in [7, 11) is 3.86. The molecule has 1 aromatic rings. The summed E-state index contributed by atoms with van der Waals surface area (Å²) in [6.07, 6.45) is 0. The van der Waals surface area contributed by atoms with Gasteiger partial charge in [0, 0.05) is 37.9 Å². The van der Waals surface area contributed by atoms with Crippen molar-refractivity contribution in [2.75, 3.05) is 39.5 Å². The smallest absolute Gasteiger partial charge is 0.119 e. The summed E-state index contributed by atoms with van der Waals surface area (Å²) in [5.41, 5.74) is 8.05. The van der Waals surface area contributed by atoms with Crippen LogP contribution in [0.2, 0.25) is 0 Å². The van der Waals surface area contributed by atoms with Gasteiger partial charge in [0.1, 0.15) is 5.75 Å². The summed E-state index contributed by atoms with van der Waals surface area (Å²) in [4.78, 5) is 4.85. The highest BCUT2D eigenvalue weighted by atomic mass is 16.5. The van der Waals surface area contributed by atoms with E-state index in [-0.39, 0.29) is 0 Å². The topological polar surface area (TPSA) is 41.7 Å². The van der Waals surface area contributed by atoms with Crippen molar-refractivity contribution in [3.63, 3.8) is 0 Å². The maximum absolute atomic E-state index is 6.04. The van der Waals surface area contributed by atoms with Crippen molar-refractivity contribution >= 4 is 5.69 Å². The molecule has 1 aliphatic rings. The third kappa shape index (κ3) is 2.94. The van der Waals surface area contributed by atoms with Crippen LogP contribution in [0, 0.1) is 0 Å². The molecule has 2 rings (SSSR count). The molecule has 4 nitrogen and oxygen atoms in total.